The molecule has 136 valence electrons. The molecule has 0 saturated carbocycles. The van der Waals surface area contributed by atoms with Crippen LogP contribution < -0.4 is 5.43 Å². The number of hydrazine groups is 1. The fraction of sp³-hybridized carbons (Fsp3) is 0.471. The second-order valence-corrected chi connectivity index (χ2v) is 7.15. The third kappa shape index (κ3) is 4.42. The van der Waals surface area contributed by atoms with Gasteiger partial charge >= 0.3 is 6.09 Å². The summed E-state index contributed by atoms with van der Waals surface area (Å²) in [5.41, 5.74) is 2.66. The van der Waals surface area contributed by atoms with Crippen molar-refractivity contribution in [3.05, 3.63) is 29.0 Å². The van der Waals surface area contributed by atoms with Crippen molar-refractivity contribution < 1.29 is 14.3 Å². The van der Waals surface area contributed by atoms with Gasteiger partial charge in [0.05, 0.1) is 16.6 Å². The van der Waals surface area contributed by atoms with Gasteiger partial charge in [-0.1, -0.05) is 18.5 Å². The third-order valence-corrected chi connectivity index (χ3v) is 4.02. The standard InChI is InChI=1S/C17H23ClN4O3/c1-6-10(2)22(21-16(24)25-17(3,4)5)15(23)12-9-20-14-11(13(12)18)7-8-19-14/h7-10H,6H2,1-5H3,(H,19,20)(H,21,24). The zero-order valence-electron chi connectivity index (χ0n) is 15.0. The Kier molecular flexibility index (Phi) is 5.57. The highest BCUT2D eigenvalue weighted by molar-refractivity contribution is 6.38. The van der Waals surface area contributed by atoms with Crippen LogP contribution in [0.1, 0.15) is 51.4 Å². The normalized spacial score (nSPS) is 12.7. The number of aromatic nitrogens is 2. The Morgan fingerprint density at radius 2 is 2.12 bits per heavy atom. The van der Waals surface area contributed by atoms with Crippen molar-refractivity contribution in [1.29, 1.82) is 0 Å². The molecule has 2 N–H and O–H groups in total. The molecule has 0 radical (unpaired) electrons. The molecule has 0 bridgehead atoms. The maximum atomic E-state index is 13.0. The molecule has 7 nitrogen and oxygen atoms in total. The van der Waals surface area contributed by atoms with Gasteiger partial charge < -0.3 is 9.72 Å². The highest BCUT2D eigenvalue weighted by Gasteiger charge is 2.27. The first-order valence-corrected chi connectivity index (χ1v) is 8.46. The molecule has 2 aromatic heterocycles. The molecule has 0 aliphatic carbocycles. The number of pyridine rings is 1. The number of rotatable bonds is 3. The largest absolute Gasteiger partial charge is 0.443 e. The van der Waals surface area contributed by atoms with Crippen LogP contribution in [-0.4, -0.2) is 38.6 Å². The summed E-state index contributed by atoms with van der Waals surface area (Å²) in [6.07, 6.45) is 3.03. The Hall–Kier alpha value is -2.28. The summed E-state index contributed by atoms with van der Waals surface area (Å²) in [6, 6.07) is 1.49. The van der Waals surface area contributed by atoms with Gasteiger partial charge in [0.15, 0.2) is 0 Å². The number of carbonyl (C=O) groups is 2. The van der Waals surface area contributed by atoms with E-state index in [2.05, 4.69) is 15.4 Å². The lowest BCUT2D eigenvalue weighted by atomic mass is 10.2. The van der Waals surface area contributed by atoms with Crippen molar-refractivity contribution >= 4 is 34.6 Å². The molecule has 0 fully saturated rings. The number of nitrogens with zero attached hydrogens (tertiary/aromatic N) is 2. The van der Waals surface area contributed by atoms with Gasteiger partial charge in [-0.2, -0.15) is 0 Å². The van der Waals surface area contributed by atoms with E-state index < -0.39 is 17.6 Å². The van der Waals surface area contributed by atoms with Gasteiger partial charge in [0.1, 0.15) is 11.2 Å². The number of halogens is 1. The van der Waals surface area contributed by atoms with E-state index in [9.17, 15) is 9.59 Å². The van der Waals surface area contributed by atoms with Crippen molar-refractivity contribution in [3.8, 4) is 0 Å². The first-order chi connectivity index (χ1) is 11.6. The van der Waals surface area contributed by atoms with E-state index in [1.807, 2.05) is 13.8 Å². The third-order valence-electron chi connectivity index (χ3n) is 3.61. The Morgan fingerprint density at radius 1 is 1.44 bits per heavy atom. The van der Waals surface area contributed by atoms with E-state index >= 15 is 0 Å². The number of H-pyrrole nitrogens is 1. The molecule has 2 rings (SSSR count). The topological polar surface area (TPSA) is 87.3 Å². The minimum absolute atomic E-state index is 0.213. The van der Waals surface area contributed by atoms with Gasteiger partial charge in [0.2, 0.25) is 0 Å². The fourth-order valence-electron chi connectivity index (χ4n) is 2.20. The van der Waals surface area contributed by atoms with Crippen molar-refractivity contribution in [3.63, 3.8) is 0 Å². The van der Waals surface area contributed by atoms with Crippen LogP contribution in [-0.2, 0) is 4.74 Å². The van der Waals surface area contributed by atoms with E-state index in [1.165, 1.54) is 11.2 Å². The number of carbonyl (C=O) groups excluding carboxylic acids is 2. The summed E-state index contributed by atoms with van der Waals surface area (Å²) in [4.78, 5) is 32.2. The number of hydrogen-bond donors (Lipinski definition) is 2. The molecular weight excluding hydrogens is 344 g/mol. The lowest BCUT2D eigenvalue weighted by Crippen LogP contribution is -2.52. The van der Waals surface area contributed by atoms with Gasteiger partial charge in [-0.3, -0.25) is 4.79 Å². The quantitative estimate of drug-likeness (QED) is 0.806. The van der Waals surface area contributed by atoms with Gasteiger partial charge in [-0.15, -0.1) is 0 Å². The van der Waals surface area contributed by atoms with Gasteiger partial charge in [-0.05, 0) is 40.2 Å². The minimum atomic E-state index is -0.701. The van der Waals surface area contributed by atoms with Crippen molar-refractivity contribution in [1.82, 2.24) is 20.4 Å². The molecule has 0 aliphatic rings. The van der Waals surface area contributed by atoms with Crippen LogP contribution in [0.3, 0.4) is 0 Å². The van der Waals surface area contributed by atoms with E-state index in [-0.39, 0.29) is 16.6 Å². The second-order valence-electron chi connectivity index (χ2n) is 6.77. The second kappa shape index (κ2) is 7.31. The van der Waals surface area contributed by atoms with Crippen molar-refractivity contribution in [2.75, 3.05) is 0 Å². The van der Waals surface area contributed by atoms with Crippen LogP contribution in [0.25, 0.3) is 11.0 Å². The first kappa shape index (κ1) is 19.1. The van der Waals surface area contributed by atoms with E-state index in [4.69, 9.17) is 16.3 Å². The van der Waals surface area contributed by atoms with Crippen LogP contribution in [0.2, 0.25) is 5.02 Å². The Labute approximate surface area is 151 Å². The van der Waals surface area contributed by atoms with E-state index in [0.717, 1.165) is 0 Å². The smallest absolute Gasteiger partial charge is 0.426 e. The molecule has 2 aromatic rings. The molecule has 0 aliphatic heterocycles. The molecule has 2 amide bonds. The number of nitrogens with one attached hydrogen (secondary N) is 2. The van der Waals surface area contributed by atoms with Crippen molar-refractivity contribution in [2.24, 2.45) is 0 Å². The number of hydrogen-bond acceptors (Lipinski definition) is 4. The Morgan fingerprint density at radius 3 is 2.72 bits per heavy atom. The monoisotopic (exact) mass is 366 g/mol. The van der Waals surface area contributed by atoms with Gasteiger partial charge in [0.25, 0.3) is 5.91 Å². The summed E-state index contributed by atoms with van der Waals surface area (Å²) >= 11 is 6.36. The lowest BCUT2D eigenvalue weighted by Gasteiger charge is -2.30. The molecule has 1 atom stereocenters. The molecule has 0 spiro atoms. The van der Waals surface area contributed by atoms with Crippen LogP contribution in [0.5, 0.6) is 0 Å². The van der Waals surface area contributed by atoms with Gasteiger partial charge in [0, 0.05) is 17.8 Å². The lowest BCUT2D eigenvalue weighted by molar-refractivity contribution is 0.0225. The molecular formula is C17H23ClN4O3. The number of fused-ring (bicyclic) bond motifs is 1. The molecule has 0 saturated heterocycles. The minimum Gasteiger partial charge on any atom is -0.443 e. The van der Waals surface area contributed by atoms with Crippen LogP contribution in [0, 0.1) is 0 Å². The highest BCUT2D eigenvalue weighted by atomic mass is 35.5. The Balaban J connectivity index is 2.31. The molecule has 2 heterocycles. The maximum absolute atomic E-state index is 13.0. The summed E-state index contributed by atoms with van der Waals surface area (Å²) in [7, 11) is 0. The Bertz CT molecular complexity index is 782. The molecule has 0 aromatic carbocycles. The zero-order valence-corrected chi connectivity index (χ0v) is 15.8. The molecule has 25 heavy (non-hydrogen) atoms. The van der Waals surface area contributed by atoms with Crippen LogP contribution in [0.15, 0.2) is 18.5 Å². The molecule has 1 unspecified atom stereocenters. The predicted octanol–water partition coefficient (Wildman–Crippen LogP) is 3.90. The zero-order chi connectivity index (χ0) is 18.8. The molecule has 8 heteroatoms. The average Bonchev–Trinajstić information content (AvgIpc) is 2.99. The first-order valence-electron chi connectivity index (χ1n) is 8.08. The predicted molar refractivity (Wildman–Crippen MR) is 96.4 cm³/mol. The average molecular weight is 367 g/mol. The van der Waals surface area contributed by atoms with E-state index in [1.54, 1.807) is 33.0 Å². The van der Waals surface area contributed by atoms with Gasteiger partial charge in [-0.25, -0.2) is 20.2 Å². The summed E-state index contributed by atoms with van der Waals surface area (Å²) < 4.78 is 5.24. The number of aromatic amines is 1. The summed E-state index contributed by atoms with van der Waals surface area (Å²) in [5, 5.41) is 2.17. The van der Waals surface area contributed by atoms with E-state index in [0.29, 0.717) is 17.5 Å². The van der Waals surface area contributed by atoms with Crippen LogP contribution >= 0.6 is 11.6 Å². The fourth-order valence-corrected chi connectivity index (χ4v) is 2.48. The van der Waals surface area contributed by atoms with Crippen molar-refractivity contribution in [2.45, 2.75) is 52.7 Å². The summed E-state index contributed by atoms with van der Waals surface area (Å²) in [6.45, 7) is 9.00. The maximum Gasteiger partial charge on any atom is 0.426 e. The highest BCUT2D eigenvalue weighted by Crippen LogP contribution is 2.26. The number of amides is 2. The number of ether oxygens (including phenoxy) is 1. The SMILES string of the molecule is CCC(C)N(NC(=O)OC(C)(C)C)C(=O)c1cnc2[nH]ccc2c1Cl. The van der Waals surface area contributed by atoms with Crippen LogP contribution in [0.4, 0.5) is 4.79 Å². The summed E-state index contributed by atoms with van der Waals surface area (Å²) in [5.74, 6) is -0.444.